The van der Waals surface area contributed by atoms with Gasteiger partial charge in [-0.15, -0.1) is 0 Å². The number of para-hydroxylation sites is 1. The lowest BCUT2D eigenvalue weighted by atomic mass is 9.86. The Morgan fingerprint density at radius 2 is 1.78 bits per heavy atom. The number of rotatable bonds is 5. The Balaban J connectivity index is 1.73. The SMILES string of the molecule is CC(C)(C)c1ccccc1NC(=O)c1cc(NCc2ccccn2)ncn1. The summed E-state index contributed by atoms with van der Waals surface area (Å²) in [5.74, 6) is 0.305. The summed E-state index contributed by atoms with van der Waals surface area (Å²) in [5.41, 5.74) is 2.97. The zero-order chi connectivity index (χ0) is 19.3. The van der Waals surface area contributed by atoms with Gasteiger partial charge in [0.15, 0.2) is 0 Å². The number of carbonyl (C=O) groups is 1. The van der Waals surface area contributed by atoms with E-state index in [2.05, 4.69) is 46.4 Å². The second-order valence-electron chi connectivity index (χ2n) is 7.21. The van der Waals surface area contributed by atoms with Gasteiger partial charge in [0, 0.05) is 18.0 Å². The van der Waals surface area contributed by atoms with E-state index in [4.69, 9.17) is 0 Å². The largest absolute Gasteiger partial charge is 0.364 e. The molecule has 1 aromatic carbocycles. The molecule has 2 aromatic heterocycles. The average molecular weight is 361 g/mol. The summed E-state index contributed by atoms with van der Waals surface area (Å²) in [7, 11) is 0. The van der Waals surface area contributed by atoms with E-state index in [1.165, 1.54) is 6.33 Å². The fourth-order valence-corrected chi connectivity index (χ4v) is 2.69. The summed E-state index contributed by atoms with van der Waals surface area (Å²) >= 11 is 0. The van der Waals surface area contributed by atoms with Crippen LogP contribution in [0.1, 0.15) is 42.5 Å². The van der Waals surface area contributed by atoms with Crippen molar-refractivity contribution < 1.29 is 4.79 Å². The van der Waals surface area contributed by atoms with Gasteiger partial charge in [-0.3, -0.25) is 9.78 Å². The molecule has 0 fully saturated rings. The van der Waals surface area contributed by atoms with Crippen LogP contribution in [0.25, 0.3) is 0 Å². The summed E-state index contributed by atoms with van der Waals surface area (Å²) in [6.45, 7) is 6.86. The molecule has 0 bridgehead atoms. The minimum Gasteiger partial charge on any atom is -0.364 e. The lowest BCUT2D eigenvalue weighted by Gasteiger charge is -2.22. The van der Waals surface area contributed by atoms with Gasteiger partial charge in [-0.05, 0) is 29.2 Å². The number of pyridine rings is 1. The molecule has 6 heteroatoms. The van der Waals surface area contributed by atoms with E-state index in [0.29, 0.717) is 18.1 Å². The molecule has 0 radical (unpaired) electrons. The fourth-order valence-electron chi connectivity index (χ4n) is 2.69. The predicted octanol–water partition coefficient (Wildman–Crippen LogP) is 4.03. The Bertz CT molecular complexity index is 919. The van der Waals surface area contributed by atoms with Crippen LogP contribution in [0.3, 0.4) is 0 Å². The fraction of sp³-hybridized carbons (Fsp3) is 0.238. The van der Waals surface area contributed by atoms with Crippen LogP contribution in [-0.4, -0.2) is 20.9 Å². The van der Waals surface area contributed by atoms with Crippen molar-refractivity contribution in [3.8, 4) is 0 Å². The smallest absolute Gasteiger partial charge is 0.274 e. The third-order valence-corrected chi connectivity index (χ3v) is 4.06. The lowest BCUT2D eigenvalue weighted by Crippen LogP contribution is -2.19. The Hall–Kier alpha value is -3.28. The summed E-state index contributed by atoms with van der Waals surface area (Å²) in [5, 5.41) is 6.13. The minimum atomic E-state index is -0.269. The first-order valence-corrected chi connectivity index (χ1v) is 8.80. The Labute approximate surface area is 159 Å². The van der Waals surface area contributed by atoms with Gasteiger partial charge in [0.25, 0.3) is 5.91 Å². The number of hydrogen-bond acceptors (Lipinski definition) is 5. The van der Waals surface area contributed by atoms with Gasteiger partial charge >= 0.3 is 0 Å². The Kier molecular flexibility index (Phi) is 5.45. The highest BCUT2D eigenvalue weighted by Gasteiger charge is 2.19. The number of hydrogen-bond donors (Lipinski definition) is 2. The molecule has 3 aromatic rings. The quantitative estimate of drug-likeness (QED) is 0.717. The zero-order valence-corrected chi connectivity index (χ0v) is 15.7. The van der Waals surface area contributed by atoms with Crippen LogP contribution in [-0.2, 0) is 12.0 Å². The first-order valence-electron chi connectivity index (χ1n) is 8.80. The van der Waals surface area contributed by atoms with Crippen molar-refractivity contribution in [3.05, 3.63) is 78.0 Å². The summed E-state index contributed by atoms with van der Waals surface area (Å²) < 4.78 is 0. The first-order chi connectivity index (χ1) is 12.9. The number of benzene rings is 1. The van der Waals surface area contributed by atoms with Crippen molar-refractivity contribution in [2.24, 2.45) is 0 Å². The molecule has 0 aliphatic heterocycles. The van der Waals surface area contributed by atoms with Crippen LogP contribution in [0, 0.1) is 0 Å². The van der Waals surface area contributed by atoms with Gasteiger partial charge < -0.3 is 10.6 Å². The molecule has 0 aliphatic carbocycles. The molecular weight excluding hydrogens is 338 g/mol. The standard InChI is InChI=1S/C21H23N5O/c1-21(2,3)16-9-4-5-10-17(16)26-20(27)18-12-19(25-14-24-18)23-13-15-8-6-7-11-22-15/h4-12,14H,13H2,1-3H3,(H,26,27)(H,23,24,25). The van der Waals surface area contributed by atoms with E-state index < -0.39 is 0 Å². The second-order valence-corrected chi connectivity index (χ2v) is 7.21. The number of amides is 1. The monoisotopic (exact) mass is 361 g/mol. The molecule has 0 saturated carbocycles. The highest BCUT2D eigenvalue weighted by molar-refractivity contribution is 6.03. The van der Waals surface area contributed by atoms with Gasteiger partial charge in [0.05, 0.1) is 12.2 Å². The van der Waals surface area contributed by atoms with E-state index in [1.54, 1.807) is 12.3 Å². The molecule has 3 rings (SSSR count). The maximum Gasteiger partial charge on any atom is 0.274 e. The van der Waals surface area contributed by atoms with E-state index in [9.17, 15) is 4.79 Å². The van der Waals surface area contributed by atoms with Crippen molar-refractivity contribution in [1.29, 1.82) is 0 Å². The maximum absolute atomic E-state index is 12.7. The number of nitrogens with one attached hydrogen (secondary N) is 2. The average Bonchev–Trinajstić information content (AvgIpc) is 2.67. The third kappa shape index (κ3) is 4.88. The van der Waals surface area contributed by atoms with Gasteiger partial charge in [-0.2, -0.15) is 0 Å². The van der Waals surface area contributed by atoms with Crippen molar-refractivity contribution in [2.45, 2.75) is 32.7 Å². The maximum atomic E-state index is 12.7. The van der Waals surface area contributed by atoms with E-state index in [0.717, 1.165) is 16.9 Å². The van der Waals surface area contributed by atoms with E-state index in [1.807, 2.05) is 42.5 Å². The topological polar surface area (TPSA) is 79.8 Å². The van der Waals surface area contributed by atoms with Crippen molar-refractivity contribution in [3.63, 3.8) is 0 Å². The second kappa shape index (κ2) is 7.95. The van der Waals surface area contributed by atoms with Crippen LogP contribution in [0.15, 0.2) is 61.1 Å². The molecule has 27 heavy (non-hydrogen) atoms. The molecule has 0 spiro atoms. The van der Waals surface area contributed by atoms with Gasteiger partial charge in [0.1, 0.15) is 17.8 Å². The van der Waals surface area contributed by atoms with Gasteiger partial charge in [0.2, 0.25) is 0 Å². The van der Waals surface area contributed by atoms with Crippen molar-refractivity contribution in [1.82, 2.24) is 15.0 Å². The molecule has 6 nitrogen and oxygen atoms in total. The number of nitrogens with zero attached hydrogens (tertiary/aromatic N) is 3. The van der Waals surface area contributed by atoms with E-state index in [-0.39, 0.29) is 11.3 Å². The highest BCUT2D eigenvalue weighted by atomic mass is 16.1. The van der Waals surface area contributed by atoms with Gasteiger partial charge in [-0.1, -0.05) is 45.0 Å². The van der Waals surface area contributed by atoms with Crippen LogP contribution in [0.2, 0.25) is 0 Å². The Morgan fingerprint density at radius 3 is 2.52 bits per heavy atom. The summed E-state index contributed by atoms with van der Waals surface area (Å²) in [6.07, 6.45) is 3.12. The molecule has 0 aliphatic rings. The van der Waals surface area contributed by atoms with Crippen LogP contribution >= 0.6 is 0 Å². The molecule has 138 valence electrons. The van der Waals surface area contributed by atoms with Crippen LogP contribution in [0.4, 0.5) is 11.5 Å². The summed E-state index contributed by atoms with van der Waals surface area (Å²) in [4.78, 5) is 25.2. The van der Waals surface area contributed by atoms with Crippen LogP contribution < -0.4 is 10.6 Å². The van der Waals surface area contributed by atoms with E-state index >= 15 is 0 Å². The molecule has 2 heterocycles. The number of carbonyl (C=O) groups excluding carboxylic acids is 1. The zero-order valence-electron chi connectivity index (χ0n) is 15.7. The predicted molar refractivity (Wildman–Crippen MR) is 107 cm³/mol. The van der Waals surface area contributed by atoms with Gasteiger partial charge in [-0.25, -0.2) is 9.97 Å². The normalized spacial score (nSPS) is 11.1. The molecular formula is C21H23N5O. The number of anilines is 2. The third-order valence-electron chi connectivity index (χ3n) is 4.06. The molecule has 0 unspecified atom stereocenters. The van der Waals surface area contributed by atoms with Crippen molar-refractivity contribution in [2.75, 3.05) is 10.6 Å². The van der Waals surface area contributed by atoms with Crippen LogP contribution in [0.5, 0.6) is 0 Å². The Morgan fingerprint density at radius 1 is 1.00 bits per heavy atom. The minimum absolute atomic E-state index is 0.0784. The first kappa shape index (κ1) is 18.5. The lowest BCUT2D eigenvalue weighted by molar-refractivity contribution is 0.102. The number of aromatic nitrogens is 3. The molecule has 2 N–H and O–H groups in total. The molecule has 0 saturated heterocycles. The van der Waals surface area contributed by atoms with Crippen molar-refractivity contribution >= 4 is 17.4 Å². The summed E-state index contributed by atoms with van der Waals surface area (Å²) in [6, 6.07) is 15.2. The highest BCUT2D eigenvalue weighted by Crippen LogP contribution is 2.29. The molecule has 0 atom stereocenters. The molecule has 1 amide bonds.